The molecular weight excluding hydrogens is 380 g/mol. The van der Waals surface area contributed by atoms with Crippen molar-refractivity contribution >= 4 is 17.5 Å². The maximum absolute atomic E-state index is 13.3. The molecule has 2 N–H and O–H groups in total. The van der Waals surface area contributed by atoms with Crippen LogP contribution in [0.5, 0.6) is 0 Å². The molecule has 1 amide bonds. The molecule has 0 aliphatic carbocycles. The number of nitrogens with zero attached hydrogens (tertiary/aromatic N) is 1. The lowest BCUT2D eigenvalue weighted by Crippen LogP contribution is -2.35. The lowest BCUT2D eigenvalue weighted by Gasteiger charge is -2.23. The summed E-state index contributed by atoms with van der Waals surface area (Å²) in [6.45, 7) is 1.46. The third-order valence-corrected chi connectivity index (χ3v) is 5.23. The summed E-state index contributed by atoms with van der Waals surface area (Å²) >= 11 is 5.98. The predicted molar refractivity (Wildman–Crippen MR) is 120 cm³/mol. The van der Waals surface area contributed by atoms with Crippen molar-refractivity contribution in [2.75, 3.05) is 13.1 Å². The van der Waals surface area contributed by atoms with Crippen LogP contribution in [-0.4, -0.2) is 23.9 Å². The molecule has 0 bridgehead atoms. The Hall–Kier alpha value is -2.62. The van der Waals surface area contributed by atoms with E-state index in [9.17, 15) is 4.79 Å². The highest BCUT2D eigenvalue weighted by atomic mass is 35.5. The fourth-order valence-corrected chi connectivity index (χ4v) is 3.59. The highest BCUT2D eigenvalue weighted by Crippen LogP contribution is 2.18. The first-order chi connectivity index (χ1) is 14.2. The minimum atomic E-state index is 0.0284. The number of rotatable bonds is 9. The average Bonchev–Trinajstić information content (AvgIpc) is 2.75. The van der Waals surface area contributed by atoms with Crippen LogP contribution in [0.4, 0.5) is 0 Å². The number of carbonyl (C=O) groups is 1. The zero-order valence-corrected chi connectivity index (χ0v) is 17.3. The molecule has 0 aliphatic rings. The molecule has 3 aromatic carbocycles. The average molecular weight is 407 g/mol. The van der Waals surface area contributed by atoms with E-state index < -0.39 is 0 Å². The SMILES string of the molecule is NCCN(Cc1ccc(Cl)cc1)C(=O)c1ccccc1CCCc1ccccc1. The number of carbonyl (C=O) groups excluding carboxylic acids is 1. The van der Waals surface area contributed by atoms with Crippen LogP contribution in [0.1, 0.15) is 33.5 Å². The van der Waals surface area contributed by atoms with E-state index in [0.717, 1.165) is 36.0 Å². The van der Waals surface area contributed by atoms with Gasteiger partial charge in [-0.3, -0.25) is 4.79 Å². The fourth-order valence-electron chi connectivity index (χ4n) is 3.46. The van der Waals surface area contributed by atoms with Gasteiger partial charge in [0.1, 0.15) is 0 Å². The van der Waals surface area contributed by atoms with Gasteiger partial charge < -0.3 is 10.6 Å². The largest absolute Gasteiger partial charge is 0.333 e. The first-order valence-electron chi connectivity index (χ1n) is 10.0. The van der Waals surface area contributed by atoms with E-state index in [1.807, 2.05) is 53.4 Å². The van der Waals surface area contributed by atoms with E-state index in [2.05, 4.69) is 30.3 Å². The van der Waals surface area contributed by atoms with Gasteiger partial charge >= 0.3 is 0 Å². The van der Waals surface area contributed by atoms with Crippen molar-refractivity contribution in [3.8, 4) is 0 Å². The Morgan fingerprint density at radius 1 is 0.828 bits per heavy atom. The third-order valence-electron chi connectivity index (χ3n) is 4.98. The Bertz CT molecular complexity index is 910. The number of hydrogen-bond acceptors (Lipinski definition) is 2. The van der Waals surface area contributed by atoms with Gasteiger partial charge in [0.2, 0.25) is 0 Å². The second-order valence-corrected chi connectivity index (χ2v) is 7.57. The summed E-state index contributed by atoms with van der Waals surface area (Å²) in [5, 5.41) is 0.689. The van der Waals surface area contributed by atoms with Crippen LogP contribution >= 0.6 is 11.6 Å². The van der Waals surface area contributed by atoms with Gasteiger partial charge in [-0.1, -0.05) is 72.3 Å². The monoisotopic (exact) mass is 406 g/mol. The van der Waals surface area contributed by atoms with E-state index in [1.165, 1.54) is 5.56 Å². The molecule has 0 fully saturated rings. The van der Waals surface area contributed by atoms with Gasteiger partial charge in [-0.2, -0.15) is 0 Å². The smallest absolute Gasteiger partial charge is 0.254 e. The highest BCUT2D eigenvalue weighted by Gasteiger charge is 2.18. The van der Waals surface area contributed by atoms with Crippen molar-refractivity contribution in [3.63, 3.8) is 0 Å². The molecule has 0 spiro atoms. The zero-order valence-electron chi connectivity index (χ0n) is 16.6. The lowest BCUT2D eigenvalue weighted by atomic mass is 9.99. The molecular formula is C25H27ClN2O. The van der Waals surface area contributed by atoms with E-state index >= 15 is 0 Å². The van der Waals surface area contributed by atoms with Gasteiger partial charge in [0.15, 0.2) is 0 Å². The van der Waals surface area contributed by atoms with Gasteiger partial charge in [-0.15, -0.1) is 0 Å². The molecule has 3 rings (SSSR count). The van der Waals surface area contributed by atoms with Gasteiger partial charge in [-0.25, -0.2) is 0 Å². The van der Waals surface area contributed by atoms with Crippen molar-refractivity contribution in [2.45, 2.75) is 25.8 Å². The predicted octanol–water partition coefficient (Wildman–Crippen LogP) is 5.12. The molecule has 4 heteroatoms. The number of amides is 1. The molecule has 0 saturated carbocycles. The Balaban J connectivity index is 1.71. The summed E-state index contributed by atoms with van der Waals surface area (Å²) in [6, 6.07) is 25.9. The molecule has 3 aromatic rings. The van der Waals surface area contributed by atoms with Gasteiger partial charge in [0.25, 0.3) is 5.91 Å². The summed E-state index contributed by atoms with van der Waals surface area (Å²) in [5.41, 5.74) is 10.0. The van der Waals surface area contributed by atoms with Crippen LogP contribution < -0.4 is 5.73 Å². The Morgan fingerprint density at radius 2 is 1.52 bits per heavy atom. The molecule has 0 saturated heterocycles. The van der Waals surface area contributed by atoms with Crippen molar-refractivity contribution in [2.24, 2.45) is 5.73 Å². The summed E-state index contributed by atoms with van der Waals surface area (Å²) in [5.74, 6) is 0.0284. The first-order valence-corrected chi connectivity index (χ1v) is 10.4. The van der Waals surface area contributed by atoms with Gasteiger partial charge in [0, 0.05) is 30.2 Å². The molecule has 0 radical (unpaired) electrons. The molecule has 3 nitrogen and oxygen atoms in total. The second kappa shape index (κ2) is 10.8. The number of nitrogens with two attached hydrogens (primary N) is 1. The first kappa shape index (κ1) is 21.1. The number of aryl methyl sites for hydroxylation is 2. The normalized spacial score (nSPS) is 10.7. The topological polar surface area (TPSA) is 46.3 Å². The molecule has 0 heterocycles. The van der Waals surface area contributed by atoms with E-state index in [1.54, 1.807) is 0 Å². The lowest BCUT2D eigenvalue weighted by molar-refractivity contribution is 0.0747. The van der Waals surface area contributed by atoms with Crippen LogP contribution in [0.2, 0.25) is 5.02 Å². The maximum atomic E-state index is 13.3. The van der Waals surface area contributed by atoms with Crippen LogP contribution in [0.25, 0.3) is 0 Å². The van der Waals surface area contributed by atoms with Crippen LogP contribution in [-0.2, 0) is 19.4 Å². The quantitative estimate of drug-likeness (QED) is 0.536. The van der Waals surface area contributed by atoms with Crippen molar-refractivity contribution < 1.29 is 4.79 Å². The van der Waals surface area contributed by atoms with Crippen molar-refractivity contribution in [3.05, 3.63) is 106 Å². The van der Waals surface area contributed by atoms with Gasteiger partial charge in [-0.05, 0) is 54.2 Å². The van der Waals surface area contributed by atoms with Crippen LogP contribution in [0.3, 0.4) is 0 Å². The molecule has 0 aromatic heterocycles. The van der Waals surface area contributed by atoms with Gasteiger partial charge in [0.05, 0.1) is 0 Å². The van der Waals surface area contributed by atoms with Crippen LogP contribution in [0.15, 0.2) is 78.9 Å². The Morgan fingerprint density at radius 3 is 2.24 bits per heavy atom. The summed E-state index contributed by atoms with van der Waals surface area (Å²) in [7, 11) is 0. The van der Waals surface area contributed by atoms with Crippen LogP contribution in [0, 0.1) is 0 Å². The van der Waals surface area contributed by atoms with E-state index in [4.69, 9.17) is 17.3 Å². The molecule has 0 unspecified atom stereocenters. The Kier molecular flexibility index (Phi) is 7.85. The maximum Gasteiger partial charge on any atom is 0.254 e. The standard InChI is InChI=1S/C25H27ClN2O/c26-23-15-13-21(14-16-23)19-28(18-17-27)25(29)24-12-5-4-10-22(24)11-6-9-20-7-2-1-3-8-20/h1-5,7-8,10,12-16H,6,9,11,17-19,27H2. The summed E-state index contributed by atoms with van der Waals surface area (Å²) < 4.78 is 0. The van der Waals surface area contributed by atoms with Crippen molar-refractivity contribution in [1.82, 2.24) is 4.90 Å². The third kappa shape index (κ3) is 6.18. The molecule has 150 valence electrons. The molecule has 0 atom stereocenters. The summed E-state index contributed by atoms with van der Waals surface area (Å²) in [6.07, 6.45) is 2.87. The van der Waals surface area contributed by atoms with E-state index in [-0.39, 0.29) is 5.91 Å². The molecule has 0 aliphatic heterocycles. The highest BCUT2D eigenvalue weighted by molar-refractivity contribution is 6.30. The number of benzene rings is 3. The molecule has 29 heavy (non-hydrogen) atoms. The van der Waals surface area contributed by atoms with Crippen molar-refractivity contribution in [1.29, 1.82) is 0 Å². The number of halogens is 1. The minimum absolute atomic E-state index is 0.0284. The number of hydrogen-bond donors (Lipinski definition) is 1. The Labute approximate surface area is 178 Å². The minimum Gasteiger partial charge on any atom is -0.333 e. The van der Waals surface area contributed by atoms with E-state index in [0.29, 0.717) is 24.7 Å². The fraction of sp³-hybridized carbons (Fsp3) is 0.240. The zero-order chi connectivity index (χ0) is 20.5. The summed E-state index contributed by atoms with van der Waals surface area (Å²) in [4.78, 5) is 15.1. The second-order valence-electron chi connectivity index (χ2n) is 7.14.